The van der Waals surface area contributed by atoms with E-state index in [4.69, 9.17) is 21.1 Å². The smallest absolute Gasteiger partial charge is 0.338 e. The number of methoxy groups -OCH3 is 1. The maximum Gasteiger partial charge on any atom is 0.338 e. The molecule has 0 atom stereocenters. The number of benzene rings is 2. The van der Waals surface area contributed by atoms with Crippen LogP contribution in [0.3, 0.4) is 0 Å². The molecule has 0 aliphatic carbocycles. The van der Waals surface area contributed by atoms with E-state index in [0.717, 1.165) is 4.70 Å². The van der Waals surface area contributed by atoms with Crippen LogP contribution in [-0.2, 0) is 4.74 Å². The Balaban J connectivity index is 1.86. The molecule has 0 radical (unpaired) electrons. The number of thiazole rings is 1. The maximum atomic E-state index is 12.5. The van der Waals surface area contributed by atoms with E-state index in [1.807, 2.05) is 0 Å². The molecule has 0 aliphatic heterocycles. The van der Waals surface area contributed by atoms with Gasteiger partial charge in [0, 0.05) is 5.02 Å². The van der Waals surface area contributed by atoms with Gasteiger partial charge < -0.3 is 9.47 Å². The Morgan fingerprint density at radius 1 is 1.23 bits per heavy atom. The highest BCUT2D eigenvalue weighted by molar-refractivity contribution is 7.22. The predicted molar refractivity (Wildman–Crippen MR) is 102 cm³/mol. The third-order valence-electron chi connectivity index (χ3n) is 3.53. The van der Waals surface area contributed by atoms with Crippen molar-refractivity contribution in [3.8, 4) is 5.75 Å². The number of halogens is 1. The van der Waals surface area contributed by atoms with Crippen LogP contribution in [0, 0.1) is 0 Å². The third kappa shape index (κ3) is 3.79. The molecule has 0 unspecified atom stereocenters. The first kappa shape index (κ1) is 18.2. The van der Waals surface area contributed by atoms with E-state index >= 15 is 0 Å². The first-order chi connectivity index (χ1) is 12.5. The minimum Gasteiger partial charge on any atom is -0.496 e. The minimum absolute atomic E-state index is 0.308. The molecule has 0 spiro atoms. The fourth-order valence-corrected chi connectivity index (χ4v) is 3.41. The van der Waals surface area contributed by atoms with Crippen molar-refractivity contribution in [2.45, 2.75) is 6.92 Å². The number of rotatable bonds is 5. The van der Waals surface area contributed by atoms with Gasteiger partial charge in [-0.15, -0.1) is 0 Å². The van der Waals surface area contributed by atoms with Gasteiger partial charge in [-0.3, -0.25) is 10.1 Å². The zero-order valence-electron chi connectivity index (χ0n) is 14.0. The first-order valence-electron chi connectivity index (χ1n) is 7.74. The van der Waals surface area contributed by atoms with Crippen molar-refractivity contribution < 1.29 is 19.1 Å². The van der Waals surface area contributed by atoms with Crippen LogP contribution < -0.4 is 10.1 Å². The minimum atomic E-state index is -0.392. The van der Waals surface area contributed by atoms with E-state index in [1.165, 1.54) is 24.5 Å². The second kappa shape index (κ2) is 7.72. The van der Waals surface area contributed by atoms with Crippen LogP contribution in [0.15, 0.2) is 36.4 Å². The lowest BCUT2D eigenvalue weighted by Gasteiger charge is -2.08. The molecule has 2 aromatic carbocycles. The number of anilines is 1. The topological polar surface area (TPSA) is 77.5 Å². The van der Waals surface area contributed by atoms with Crippen LogP contribution in [0.25, 0.3) is 10.2 Å². The van der Waals surface area contributed by atoms with Gasteiger partial charge in [0.15, 0.2) is 5.13 Å². The molecule has 1 amide bonds. The molecule has 1 heterocycles. The van der Waals surface area contributed by atoms with Crippen LogP contribution >= 0.6 is 22.9 Å². The molecule has 26 heavy (non-hydrogen) atoms. The maximum absolute atomic E-state index is 12.5. The number of amides is 1. The fraction of sp³-hybridized carbons (Fsp3) is 0.167. The highest BCUT2D eigenvalue weighted by Gasteiger charge is 2.16. The number of nitrogens with one attached hydrogen (secondary N) is 1. The predicted octanol–water partition coefficient (Wildman–Crippen LogP) is 4.39. The third-order valence-corrected chi connectivity index (χ3v) is 4.69. The quantitative estimate of drug-likeness (QED) is 0.654. The Morgan fingerprint density at radius 2 is 2.04 bits per heavy atom. The lowest BCUT2D eigenvalue weighted by molar-refractivity contribution is 0.0526. The van der Waals surface area contributed by atoms with Crippen LogP contribution in [0.4, 0.5) is 5.13 Å². The van der Waals surface area contributed by atoms with Gasteiger partial charge in [0.25, 0.3) is 5.91 Å². The van der Waals surface area contributed by atoms with E-state index in [9.17, 15) is 9.59 Å². The Bertz CT molecular complexity index is 986. The second-order valence-corrected chi connectivity index (χ2v) is 6.69. The van der Waals surface area contributed by atoms with Gasteiger partial charge in [-0.25, -0.2) is 9.78 Å². The number of carbonyl (C=O) groups excluding carboxylic acids is 2. The van der Waals surface area contributed by atoms with Gasteiger partial charge in [-0.1, -0.05) is 22.9 Å². The molecule has 134 valence electrons. The SMILES string of the molecule is CCOC(=O)c1ccc2nc(NC(=O)c3cc(Cl)ccc3OC)sc2c1. The summed E-state index contributed by atoms with van der Waals surface area (Å²) in [6, 6.07) is 9.86. The highest BCUT2D eigenvalue weighted by Crippen LogP contribution is 2.29. The fourth-order valence-electron chi connectivity index (χ4n) is 2.34. The molecule has 0 aliphatic rings. The van der Waals surface area contributed by atoms with E-state index in [1.54, 1.807) is 37.3 Å². The van der Waals surface area contributed by atoms with Gasteiger partial charge in [0.1, 0.15) is 5.75 Å². The summed E-state index contributed by atoms with van der Waals surface area (Å²) in [5.74, 6) is -0.358. The number of ether oxygens (including phenoxy) is 2. The monoisotopic (exact) mass is 390 g/mol. The average Bonchev–Trinajstić information content (AvgIpc) is 3.03. The van der Waals surface area contributed by atoms with Crippen LogP contribution in [0.5, 0.6) is 5.75 Å². The largest absolute Gasteiger partial charge is 0.496 e. The normalized spacial score (nSPS) is 10.6. The molecule has 0 fully saturated rings. The Morgan fingerprint density at radius 3 is 2.77 bits per heavy atom. The number of hydrogen-bond acceptors (Lipinski definition) is 6. The number of fused-ring (bicyclic) bond motifs is 1. The lowest BCUT2D eigenvalue weighted by Crippen LogP contribution is -2.13. The average molecular weight is 391 g/mol. The van der Waals surface area contributed by atoms with Crippen molar-refractivity contribution >= 4 is 50.2 Å². The van der Waals surface area contributed by atoms with Crippen LogP contribution in [0.2, 0.25) is 5.02 Å². The second-order valence-electron chi connectivity index (χ2n) is 5.22. The zero-order chi connectivity index (χ0) is 18.7. The van der Waals surface area contributed by atoms with E-state index in [-0.39, 0.29) is 5.91 Å². The van der Waals surface area contributed by atoms with Crippen molar-refractivity contribution in [1.82, 2.24) is 4.98 Å². The molecular formula is C18H15ClN2O4S. The molecule has 0 saturated carbocycles. The van der Waals surface area contributed by atoms with Gasteiger partial charge in [0.2, 0.25) is 0 Å². The van der Waals surface area contributed by atoms with E-state index in [2.05, 4.69) is 10.3 Å². The number of esters is 1. The molecular weight excluding hydrogens is 376 g/mol. The van der Waals surface area contributed by atoms with Crippen LogP contribution in [0.1, 0.15) is 27.6 Å². The van der Waals surface area contributed by atoms with E-state index < -0.39 is 5.97 Å². The van der Waals surface area contributed by atoms with Crippen molar-refractivity contribution in [2.75, 3.05) is 19.0 Å². The lowest BCUT2D eigenvalue weighted by atomic mass is 10.2. The molecule has 1 aromatic heterocycles. The summed E-state index contributed by atoms with van der Waals surface area (Å²) < 4.78 is 11.0. The summed E-state index contributed by atoms with van der Waals surface area (Å²) in [5, 5.41) is 3.58. The highest BCUT2D eigenvalue weighted by atomic mass is 35.5. The molecule has 1 N–H and O–H groups in total. The van der Waals surface area contributed by atoms with Crippen molar-refractivity contribution in [2.24, 2.45) is 0 Å². The van der Waals surface area contributed by atoms with Crippen molar-refractivity contribution in [3.63, 3.8) is 0 Å². The van der Waals surface area contributed by atoms with Gasteiger partial charge >= 0.3 is 5.97 Å². The molecule has 8 heteroatoms. The van der Waals surface area contributed by atoms with Crippen molar-refractivity contribution in [3.05, 3.63) is 52.5 Å². The van der Waals surface area contributed by atoms with E-state index in [0.29, 0.717) is 39.2 Å². The molecule has 3 rings (SSSR count). The Kier molecular flexibility index (Phi) is 5.39. The van der Waals surface area contributed by atoms with Crippen LogP contribution in [-0.4, -0.2) is 30.6 Å². The Hall–Kier alpha value is -2.64. The molecule has 0 bridgehead atoms. The summed E-state index contributed by atoms with van der Waals surface area (Å²) >= 11 is 7.23. The zero-order valence-corrected chi connectivity index (χ0v) is 15.6. The summed E-state index contributed by atoms with van der Waals surface area (Å²) in [6.07, 6.45) is 0. The molecule has 0 saturated heterocycles. The standard InChI is InChI=1S/C18H15ClN2O4S/c1-3-25-17(23)10-4-6-13-15(8-10)26-18(20-13)21-16(22)12-9-11(19)5-7-14(12)24-2/h4-9H,3H2,1-2H3,(H,20,21,22). The molecule has 6 nitrogen and oxygen atoms in total. The number of hydrogen-bond donors (Lipinski definition) is 1. The van der Waals surface area contributed by atoms with Gasteiger partial charge in [-0.2, -0.15) is 0 Å². The van der Waals surface area contributed by atoms with Gasteiger partial charge in [0.05, 0.1) is 35.1 Å². The van der Waals surface area contributed by atoms with Crippen molar-refractivity contribution in [1.29, 1.82) is 0 Å². The summed E-state index contributed by atoms with van der Waals surface area (Å²) in [4.78, 5) is 28.7. The number of nitrogens with zero attached hydrogens (tertiary/aromatic N) is 1. The first-order valence-corrected chi connectivity index (χ1v) is 8.94. The summed E-state index contributed by atoms with van der Waals surface area (Å²) in [7, 11) is 1.48. The Labute approximate surface area is 158 Å². The summed E-state index contributed by atoms with van der Waals surface area (Å²) in [6.45, 7) is 2.06. The number of carbonyl (C=O) groups is 2. The number of aromatic nitrogens is 1. The van der Waals surface area contributed by atoms with Gasteiger partial charge in [-0.05, 0) is 43.3 Å². The molecule has 3 aromatic rings. The summed E-state index contributed by atoms with van der Waals surface area (Å²) in [5.41, 5.74) is 1.43.